The molecule has 0 atom stereocenters. The van der Waals surface area contributed by atoms with Gasteiger partial charge in [-0.3, -0.25) is 0 Å². The maximum absolute atomic E-state index is 9.79. The number of anilines is 8. The van der Waals surface area contributed by atoms with Crippen LogP contribution in [0.2, 0.25) is 5.02 Å². The monoisotopic (exact) mass is 563 g/mol. The predicted molar refractivity (Wildman–Crippen MR) is 175 cm³/mol. The van der Waals surface area contributed by atoms with E-state index in [2.05, 4.69) is 96.1 Å². The van der Waals surface area contributed by atoms with E-state index < -0.39 is 0 Å². The van der Waals surface area contributed by atoms with Crippen molar-refractivity contribution in [1.82, 2.24) is 0 Å². The first-order valence-corrected chi connectivity index (χ1v) is 13.8. The molecule has 0 bridgehead atoms. The zero-order chi connectivity index (χ0) is 28.9. The highest BCUT2D eigenvalue weighted by atomic mass is 35.5. The third kappa shape index (κ3) is 7.04. The summed E-state index contributed by atoms with van der Waals surface area (Å²) in [5.41, 5.74) is 18.6. The van der Waals surface area contributed by atoms with Crippen molar-refractivity contribution in [1.29, 1.82) is 0 Å². The molecule has 0 aromatic heterocycles. The summed E-state index contributed by atoms with van der Waals surface area (Å²) in [7, 11) is 0. The van der Waals surface area contributed by atoms with Crippen LogP contribution in [0, 0.1) is 27.7 Å². The van der Waals surface area contributed by atoms with Crippen LogP contribution in [-0.2, 0) is 0 Å². The lowest BCUT2D eigenvalue weighted by Gasteiger charge is -2.16. The molecule has 0 amide bonds. The average Bonchev–Trinajstić information content (AvgIpc) is 2.95. The molecule has 0 saturated carbocycles. The highest BCUT2D eigenvalue weighted by Crippen LogP contribution is 2.31. The van der Waals surface area contributed by atoms with Crippen molar-refractivity contribution in [2.75, 3.05) is 26.8 Å². The normalized spacial score (nSPS) is 10.7. The molecule has 5 aromatic carbocycles. The quantitative estimate of drug-likeness (QED) is 0.0791. The molecule has 0 spiro atoms. The summed E-state index contributed by atoms with van der Waals surface area (Å²) >= 11 is 5.96. The number of phenols is 1. The van der Waals surface area contributed by atoms with E-state index in [-0.39, 0.29) is 0 Å². The largest absolute Gasteiger partial charge is 0.508 e. The number of aryl methyl sites for hydroxylation is 4. The van der Waals surface area contributed by atoms with Crippen LogP contribution < -0.4 is 26.8 Å². The molecule has 0 aliphatic rings. The molecule has 5 rings (SSSR count). The second kappa shape index (κ2) is 12.1. The first-order valence-electron chi connectivity index (χ1n) is 13.4. The Morgan fingerprint density at radius 3 is 1.27 bits per heavy atom. The van der Waals surface area contributed by atoms with Crippen molar-refractivity contribution < 1.29 is 5.11 Å². The lowest BCUT2D eigenvalue weighted by atomic mass is 10.1. The van der Waals surface area contributed by atoms with Gasteiger partial charge in [0, 0.05) is 39.1 Å². The van der Waals surface area contributed by atoms with E-state index in [0.29, 0.717) is 10.8 Å². The van der Waals surface area contributed by atoms with Gasteiger partial charge in [0.15, 0.2) is 0 Å². The molecule has 6 nitrogen and oxygen atoms in total. The number of hydrogen-bond acceptors (Lipinski definition) is 6. The van der Waals surface area contributed by atoms with Gasteiger partial charge in [-0.15, -0.1) is 0 Å². The van der Waals surface area contributed by atoms with E-state index in [4.69, 9.17) is 11.6 Å². The van der Waals surface area contributed by atoms with Crippen molar-refractivity contribution in [3.63, 3.8) is 0 Å². The number of aromatic hydroxyl groups is 1. The fourth-order valence-electron chi connectivity index (χ4n) is 4.52. The molecule has 0 aliphatic carbocycles. The van der Waals surface area contributed by atoms with E-state index in [1.165, 1.54) is 0 Å². The van der Waals surface area contributed by atoms with Gasteiger partial charge >= 0.3 is 0 Å². The summed E-state index contributed by atoms with van der Waals surface area (Å²) in [6, 6.07) is 31.8. The second-order valence-corrected chi connectivity index (χ2v) is 10.7. The van der Waals surface area contributed by atoms with Crippen LogP contribution in [0.3, 0.4) is 0 Å². The number of hydrogen-bond donors (Lipinski definition) is 6. The maximum atomic E-state index is 9.79. The molecular weight excluding hydrogens is 530 g/mol. The molecule has 5 aromatic rings. The molecule has 0 fully saturated rings. The third-order valence-corrected chi connectivity index (χ3v) is 7.16. The first kappa shape index (κ1) is 27.7. The molecule has 7 heteroatoms. The Morgan fingerprint density at radius 1 is 0.439 bits per heavy atom. The highest BCUT2D eigenvalue weighted by Gasteiger charge is 2.07. The van der Waals surface area contributed by atoms with Gasteiger partial charge in [-0.2, -0.15) is 0 Å². The van der Waals surface area contributed by atoms with Crippen molar-refractivity contribution >= 4 is 57.1 Å². The summed E-state index contributed by atoms with van der Waals surface area (Å²) in [5.74, 6) is 0.299. The Balaban J connectivity index is 1.21. The average molecular weight is 564 g/mol. The Morgan fingerprint density at radius 2 is 0.805 bits per heavy atom. The summed E-state index contributed by atoms with van der Waals surface area (Å²) in [6.07, 6.45) is 0. The van der Waals surface area contributed by atoms with Crippen LogP contribution in [0.25, 0.3) is 0 Å². The van der Waals surface area contributed by atoms with Gasteiger partial charge in [0.05, 0.1) is 11.4 Å². The Bertz CT molecular complexity index is 1680. The van der Waals surface area contributed by atoms with Gasteiger partial charge in [-0.25, -0.2) is 0 Å². The Kier molecular flexibility index (Phi) is 8.22. The minimum atomic E-state index is 0.299. The van der Waals surface area contributed by atoms with Gasteiger partial charge in [0.25, 0.3) is 0 Å². The summed E-state index contributed by atoms with van der Waals surface area (Å²) in [4.78, 5) is 0. The van der Waals surface area contributed by atoms with Crippen molar-refractivity contribution in [2.45, 2.75) is 27.7 Å². The van der Waals surface area contributed by atoms with Crippen LogP contribution in [0.4, 0.5) is 45.5 Å². The number of phenolic OH excluding ortho intramolecular Hbond substituents is 1. The van der Waals surface area contributed by atoms with Crippen LogP contribution in [0.15, 0.2) is 97.1 Å². The highest BCUT2D eigenvalue weighted by molar-refractivity contribution is 6.30. The van der Waals surface area contributed by atoms with E-state index in [9.17, 15) is 5.11 Å². The topological polar surface area (TPSA) is 80.4 Å². The van der Waals surface area contributed by atoms with Crippen LogP contribution in [0.5, 0.6) is 5.75 Å². The zero-order valence-electron chi connectivity index (χ0n) is 23.6. The second-order valence-electron chi connectivity index (χ2n) is 10.2. The smallest absolute Gasteiger partial charge is 0.118 e. The van der Waals surface area contributed by atoms with Crippen molar-refractivity contribution in [3.05, 3.63) is 124 Å². The summed E-state index contributed by atoms with van der Waals surface area (Å²) in [6.45, 7) is 8.16. The van der Waals surface area contributed by atoms with E-state index >= 15 is 0 Å². The maximum Gasteiger partial charge on any atom is 0.118 e. The Labute approximate surface area is 246 Å². The predicted octanol–water partition coefficient (Wildman–Crippen LogP) is 9.95. The number of halogens is 1. The lowest BCUT2D eigenvalue weighted by Crippen LogP contribution is -2.08. The van der Waals surface area contributed by atoms with Crippen molar-refractivity contribution in [3.8, 4) is 5.75 Å². The van der Waals surface area contributed by atoms with Crippen LogP contribution in [-0.4, -0.2) is 5.11 Å². The number of nitrogens with one attached hydrogen (secondary N) is 5. The summed E-state index contributed by atoms with van der Waals surface area (Å²) < 4.78 is 0. The molecule has 0 radical (unpaired) electrons. The van der Waals surface area contributed by atoms with Crippen molar-refractivity contribution in [2.24, 2.45) is 0 Å². The van der Waals surface area contributed by atoms with E-state index in [1.807, 2.05) is 49.4 Å². The van der Waals surface area contributed by atoms with Gasteiger partial charge < -0.3 is 31.9 Å². The van der Waals surface area contributed by atoms with Gasteiger partial charge in [-0.05, 0) is 147 Å². The standard InChI is InChI=1S/C34H34ClN5O/c1-21-17-28(37-33-15-11-30(19-23(33)3)40-39-26-7-5-25(35)6-8-26)9-13-31(21)36-27-10-14-32(22(2)18-27)38-29-12-16-34(41)24(4)20-29/h5-20,36-41H,1-4H3. The third-order valence-electron chi connectivity index (χ3n) is 6.91. The molecule has 0 unspecified atom stereocenters. The van der Waals surface area contributed by atoms with Gasteiger partial charge in [0.2, 0.25) is 0 Å². The summed E-state index contributed by atoms with van der Waals surface area (Å²) in [5, 5.41) is 21.0. The molecule has 6 N–H and O–H groups in total. The van der Waals surface area contributed by atoms with E-state index in [1.54, 1.807) is 6.07 Å². The fourth-order valence-corrected chi connectivity index (χ4v) is 4.65. The van der Waals surface area contributed by atoms with Gasteiger partial charge in [-0.1, -0.05) is 11.6 Å². The zero-order valence-corrected chi connectivity index (χ0v) is 24.3. The Hall–Kier alpha value is -4.81. The molecule has 0 heterocycles. The SMILES string of the molecule is Cc1cc(Nc2ccc(Nc3ccc(Nc4ccc(NNc5ccc(Cl)cc5)cc4C)cc3C)cc2C)ccc1O. The van der Waals surface area contributed by atoms with E-state index in [0.717, 1.165) is 67.8 Å². The molecule has 41 heavy (non-hydrogen) atoms. The van der Waals surface area contributed by atoms with Gasteiger partial charge in [0.1, 0.15) is 5.75 Å². The molecule has 0 aliphatic heterocycles. The molecule has 208 valence electrons. The molecule has 0 saturated heterocycles. The lowest BCUT2D eigenvalue weighted by molar-refractivity contribution is 0.471. The fraction of sp³-hybridized carbons (Fsp3) is 0.118. The number of hydrazine groups is 1. The minimum Gasteiger partial charge on any atom is -0.508 e. The van der Waals surface area contributed by atoms with Crippen LogP contribution >= 0.6 is 11.6 Å². The number of rotatable bonds is 9. The number of benzene rings is 5. The first-order chi connectivity index (χ1) is 19.7. The minimum absolute atomic E-state index is 0.299. The molecular formula is C34H34ClN5O. The van der Waals surface area contributed by atoms with Crippen LogP contribution in [0.1, 0.15) is 22.3 Å².